The molecule has 1 aliphatic rings. The third kappa shape index (κ3) is 11.9. The van der Waals surface area contributed by atoms with Crippen molar-refractivity contribution in [3.05, 3.63) is 211 Å². The molecule has 8 aromatic rings. The van der Waals surface area contributed by atoms with Gasteiger partial charge in [0, 0.05) is 23.5 Å². The molecule has 6 aromatic carbocycles. The first-order chi connectivity index (χ1) is 39.4. The second kappa shape index (κ2) is 25.3. The van der Waals surface area contributed by atoms with Crippen molar-refractivity contribution in [2.75, 3.05) is 0 Å². The van der Waals surface area contributed by atoms with Gasteiger partial charge in [-0.05, 0) is 107 Å². The highest BCUT2D eigenvalue weighted by molar-refractivity contribution is 6.97. The van der Waals surface area contributed by atoms with Gasteiger partial charge >= 0.3 is 12.8 Å². The Kier molecular flexibility index (Phi) is 18.4. The van der Waals surface area contributed by atoms with Gasteiger partial charge in [0.1, 0.15) is 11.1 Å². The fourth-order valence-corrected chi connectivity index (χ4v) is 15.6. The number of aryl methyl sites for hydroxylation is 12. The van der Waals surface area contributed by atoms with E-state index in [0.717, 1.165) is 98.9 Å². The molecule has 0 aliphatic carbocycles. The molecule has 4 nitrogen and oxygen atoms in total. The van der Waals surface area contributed by atoms with Gasteiger partial charge in [-0.1, -0.05) is 300 Å². The molecule has 420 valence electrons. The summed E-state index contributed by atoms with van der Waals surface area (Å²) in [6.07, 6.45) is 20.8. The number of aromatic nitrogens is 4. The Labute approximate surface area is 496 Å². The second-order valence-electron chi connectivity index (χ2n) is 25.6. The molecule has 8 heteroatoms. The molecule has 2 aromatic heterocycles. The zero-order valence-electron chi connectivity index (χ0n) is 53.1. The first-order valence-electron chi connectivity index (χ1n) is 31.6. The normalized spacial score (nSPS) is 13.0. The van der Waals surface area contributed by atoms with E-state index in [1.807, 2.05) is 0 Å². The third-order valence-electron chi connectivity index (χ3n) is 19.0. The van der Waals surface area contributed by atoms with Crippen LogP contribution in [0.1, 0.15) is 168 Å². The number of unbranched alkanes of at least 4 members (excludes halogenated alkanes) is 4. The fraction of sp³-hybridized carbons (Fsp3) is 0.378. The Morgan fingerprint density at radius 3 is 0.805 bits per heavy atom. The Bertz CT molecular complexity index is 3240. The lowest BCUT2D eigenvalue weighted by atomic mass is 9.34. The summed E-state index contributed by atoms with van der Waals surface area (Å²) in [6.45, 7) is 36.8. The fourth-order valence-electron chi connectivity index (χ4n) is 15.6. The topological polar surface area (TPSA) is 17.6 Å². The highest BCUT2D eigenvalue weighted by Gasteiger charge is 2.57. The number of nitrogens with zero attached hydrogens (tertiary/aromatic N) is 4. The van der Waals surface area contributed by atoms with Crippen LogP contribution in [0.15, 0.2) is 122 Å². The van der Waals surface area contributed by atoms with Crippen LogP contribution in [0.2, 0.25) is 25.3 Å². The molecule has 0 unspecified atom stereocenters. The van der Waals surface area contributed by atoms with Crippen LogP contribution >= 0.6 is 0 Å². The lowest BCUT2D eigenvalue weighted by molar-refractivity contribution is -0.716. The summed E-state index contributed by atoms with van der Waals surface area (Å²) in [5, 5.41) is 0. The SMILES string of the molecule is CCCC[B-]1(CCCC)n2cc(C#Cc3ccc(B(c4c(C)cc(C)cc4C)c4c(C)cc(C)cc4C)cc3)c[n+]2[B-](CCCC)(CCCC)n2cc(C#Cc3ccc(B(c4c(C)cc(C)cc4C)c4c(C)cc(C)cc4C)cc3)c[n+]21. The molecular weight excluding hydrogens is 988 g/mol. The van der Waals surface area contributed by atoms with Crippen molar-refractivity contribution in [3.8, 4) is 23.7 Å². The maximum atomic E-state index is 3.78. The molecular formula is C74H92B4N4. The summed E-state index contributed by atoms with van der Waals surface area (Å²) in [5.41, 5.74) is 28.5. The largest absolute Gasteiger partial charge is 0.439 e. The second-order valence-corrected chi connectivity index (χ2v) is 25.6. The van der Waals surface area contributed by atoms with Crippen molar-refractivity contribution in [2.24, 2.45) is 0 Å². The number of hydrogen-bond donors (Lipinski definition) is 0. The first-order valence-corrected chi connectivity index (χ1v) is 31.6. The van der Waals surface area contributed by atoms with E-state index < -0.39 is 12.8 Å². The lowest BCUT2D eigenvalue weighted by Crippen LogP contribution is -2.91. The van der Waals surface area contributed by atoms with Gasteiger partial charge in [-0.2, -0.15) is 0 Å². The molecule has 9 rings (SSSR count). The highest BCUT2D eigenvalue weighted by atomic mass is 15.5. The van der Waals surface area contributed by atoms with Crippen LogP contribution in [0.4, 0.5) is 0 Å². The van der Waals surface area contributed by atoms with Crippen LogP contribution in [0, 0.1) is 107 Å². The molecule has 1 aliphatic heterocycles. The van der Waals surface area contributed by atoms with E-state index in [2.05, 4.69) is 275 Å². The zero-order chi connectivity index (χ0) is 58.6. The van der Waals surface area contributed by atoms with Crippen molar-refractivity contribution in [3.63, 3.8) is 0 Å². The Hall–Kier alpha value is -6.88. The van der Waals surface area contributed by atoms with Gasteiger partial charge in [-0.25, -0.2) is 0 Å². The molecule has 0 bridgehead atoms. The van der Waals surface area contributed by atoms with E-state index >= 15 is 0 Å². The van der Waals surface area contributed by atoms with Gasteiger partial charge in [-0.15, -0.1) is 0 Å². The summed E-state index contributed by atoms with van der Waals surface area (Å²) in [6, 6.07) is 37.2. The van der Waals surface area contributed by atoms with Gasteiger partial charge in [-0.3, -0.25) is 0 Å². The van der Waals surface area contributed by atoms with E-state index in [1.165, 1.54) is 99.5 Å². The van der Waals surface area contributed by atoms with Gasteiger partial charge in [0.15, 0.2) is 12.4 Å². The average Bonchev–Trinajstić information content (AvgIpc) is 3.87. The minimum Gasteiger partial charge on any atom is -0.341 e. The minimum absolute atomic E-state index is 0.129. The smallest absolute Gasteiger partial charge is 0.341 e. The Morgan fingerprint density at radius 2 is 0.573 bits per heavy atom. The molecule has 0 saturated heterocycles. The van der Waals surface area contributed by atoms with Gasteiger partial charge in [0.2, 0.25) is 13.4 Å². The predicted molar refractivity (Wildman–Crippen MR) is 358 cm³/mol. The van der Waals surface area contributed by atoms with E-state index in [4.69, 9.17) is 0 Å². The van der Waals surface area contributed by atoms with Crippen LogP contribution in [0.25, 0.3) is 0 Å². The van der Waals surface area contributed by atoms with Crippen LogP contribution in [-0.4, -0.2) is 35.4 Å². The molecule has 0 radical (unpaired) electrons. The van der Waals surface area contributed by atoms with Crippen LogP contribution in [-0.2, 0) is 0 Å². The van der Waals surface area contributed by atoms with E-state index in [1.54, 1.807) is 0 Å². The van der Waals surface area contributed by atoms with Crippen molar-refractivity contribution in [2.45, 2.75) is 187 Å². The van der Waals surface area contributed by atoms with Crippen molar-refractivity contribution in [1.29, 1.82) is 0 Å². The highest BCUT2D eigenvalue weighted by Crippen LogP contribution is 2.30. The molecule has 0 amide bonds. The number of hydrogen-bond acceptors (Lipinski definition) is 0. The average molecular weight is 1080 g/mol. The summed E-state index contributed by atoms with van der Waals surface area (Å²) < 4.78 is 11.0. The van der Waals surface area contributed by atoms with Crippen molar-refractivity contribution < 1.29 is 9.19 Å². The summed E-state index contributed by atoms with van der Waals surface area (Å²) in [5.74, 6) is 15.0. The van der Waals surface area contributed by atoms with E-state index in [-0.39, 0.29) is 13.4 Å². The third-order valence-corrected chi connectivity index (χ3v) is 19.0. The number of rotatable bonds is 18. The summed E-state index contributed by atoms with van der Waals surface area (Å²) in [4.78, 5) is 0. The first kappa shape index (κ1) is 59.7. The van der Waals surface area contributed by atoms with Crippen LogP contribution < -0.4 is 42.0 Å². The Morgan fingerprint density at radius 1 is 0.341 bits per heavy atom. The van der Waals surface area contributed by atoms with Gasteiger partial charge in [0.05, 0.1) is 0 Å². The van der Waals surface area contributed by atoms with Gasteiger partial charge < -0.3 is 18.4 Å². The standard InChI is InChI=1S/C74H92B4N4/c1-17-21-37-77(38-22-18-2)79-49-67(27-25-65-29-33-69(34-30-65)75(71-57(9)41-53(5)42-58(71)10)72-59(11)43-54(6)44-60(72)12)51-81(79)78(39-23-19-3,40-24-20-4)82-52-68(50-80(77)82)28-26-66-31-35-70(36-32-66)76(73-61(13)45-55(7)46-62(73)14)74-63(15)47-56(8)48-64(74)16/h29-36,41-52H,17-24,37-40H2,1-16H3. The van der Waals surface area contributed by atoms with Crippen LogP contribution in [0.5, 0.6) is 0 Å². The lowest BCUT2D eigenvalue weighted by Gasteiger charge is -2.48. The van der Waals surface area contributed by atoms with Gasteiger partial charge in [0.25, 0.3) is 0 Å². The van der Waals surface area contributed by atoms with E-state index in [9.17, 15) is 0 Å². The summed E-state index contributed by atoms with van der Waals surface area (Å²) in [7, 11) is 0. The minimum atomic E-state index is -1.30. The monoisotopic (exact) mass is 1080 g/mol. The molecule has 0 saturated carbocycles. The van der Waals surface area contributed by atoms with Crippen molar-refractivity contribution >= 4 is 59.0 Å². The number of benzene rings is 6. The quantitative estimate of drug-likeness (QED) is 0.0602. The molecule has 0 fully saturated rings. The van der Waals surface area contributed by atoms with Crippen LogP contribution in [0.3, 0.4) is 0 Å². The Balaban J connectivity index is 1.12. The van der Waals surface area contributed by atoms with E-state index in [0.29, 0.717) is 0 Å². The molecule has 0 atom stereocenters. The molecule has 3 heterocycles. The maximum absolute atomic E-state index is 3.78. The van der Waals surface area contributed by atoms with Crippen molar-refractivity contribution in [1.82, 2.24) is 9.19 Å². The molecule has 0 N–H and O–H groups in total. The predicted octanol–water partition coefficient (Wildman–Crippen LogP) is 12.6. The molecule has 82 heavy (non-hydrogen) atoms. The number of fused-ring (bicyclic) bond motifs is 2. The molecule has 0 spiro atoms. The zero-order valence-corrected chi connectivity index (χ0v) is 53.1. The summed E-state index contributed by atoms with van der Waals surface area (Å²) >= 11 is 0. The maximum Gasteiger partial charge on any atom is 0.439 e.